The molecular formula is C20H23N5S. The van der Waals surface area contributed by atoms with E-state index >= 15 is 0 Å². The molecule has 0 aliphatic carbocycles. The summed E-state index contributed by atoms with van der Waals surface area (Å²) in [6.45, 7) is 2.25. The summed E-state index contributed by atoms with van der Waals surface area (Å²) in [5.74, 6) is 1.46. The topological polar surface area (TPSA) is 62.7 Å². The number of benzene rings is 1. The summed E-state index contributed by atoms with van der Waals surface area (Å²) < 4.78 is 0. The van der Waals surface area contributed by atoms with Gasteiger partial charge in [0, 0.05) is 12.4 Å². The van der Waals surface area contributed by atoms with E-state index in [-0.39, 0.29) is 0 Å². The van der Waals surface area contributed by atoms with Crippen LogP contribution in [0.1, 0.15) is 25.0 Å². The molecule has 1 atom stereocenters. The van der Waals surface area contributed by atoms with Crippen LogP contribution in [0.2, 0.25) is 0 Å². The highest BCUT2D eigenvalue weighted by molar-refractivity contribution is 7.18. The maximum atomic E-state index is 4.75. The predicted octanol–water partition coefficient (Wildman–Crippen LogP) is 4.28. The lowest BCUT2D eigenvalue weighted by Gasteiger charge is -2.13. The second-order valence-corrected chi connectivity index (χ2v) is 7.70. The van der Waals surface area contributed by atoms with E-state index in [1.165, 1.54) is 24.8 Å². The van der Waals surface area contributed by atoms with Gasteiger partial charge in [-0.2, -0.15) is 0 Å². The molecule has 3 aromatic rings. The number of nitrogens with zero attached hydrogens (tertiary/aromatic N) is 3. The maximum Gasteiger partial charge on any atom is 0.188 e. The van der Waals surface area contributed by atoms with Crippen LogP contribution in [0.3, 0.4) is 0 Å². The molecule has 1 aliphatic heterocycles. The van der Waals surface area contributed by atoms with Crippen LogP contribution in [0.25, 0.3) is 10.4 Å². The summed E-state index contributed by atoms with van der Waals surface area (Å²) >= 11 is 1.63. The second kappa shape index (κ2) is 8.38. The van der Waals surface area contributed by atoms with Crippen LogP contribution in [-0.2, 0) is 6.42 Å². The second-order valence-electron chi connectivity index (χ2n) is 6.67. The minimum absolute atomic E-state index is 0.694. The Morgan fingerprint density at radius 3 is 2.92 bits per heavy atom. The Morgan fingerprint density at radius 1 is 1.08 bits per heavy atom. The van der Waals surface area contributed by atoms with Gasteiger partial charge in [-0.25, -0.2) is 9.97 Å². The van der Waals surface area contributed by atoms with Crippen molar-refractivity contribution in [2.24, 2.45) is 5.92 Å². The minimum Gasteiger partial charge on any atom is -0.317 e. The van der Waals surface area contributed by atoms with Crippen molar-refractivity contribution < 1.29 is 0 Å². The lowest BCUT2D eigenvalue weighted by molar-refractivity contribution is 0.464. The first-order valence-electron chi connectivity index (χ1n) is 9.17. The summed E-state index contributed by atoms with van der Waals surface area (Å²) in [6.07, 6.45) is 10.3. The van der Waals surface area contributed by atoms with Crippen LogP contribution in [-0.4, -0.2) is 28.0 Å². The highest BCUT2D eigenvalue weighted by atomic mass is 32.1. The molecule has 26 heavy (non-hydrogen) atoms. The largest absolute Gasteiger partial charge is 0.317 e. The third kappa shape index (κ3) is 4.45. The molecule has 134 valence electrons. The van der Waals surface area contributed by atoms with Crippen molar-refractivity contribution in [1.29, 1.82) is 0 Å². The van der Waals surface area contributed by atoms with Gasteiger partial charge in [0.25, 0.3) is 0 Å². The molecule has 0 bridgehead atoms. The normalized spacial score (nSPS) is 17.6. The molecule has 6 heteroatoms. The summed E-state index contributed by atoms with van der Waals surface area (Å²) in [5, 5.41) is 7.61. The third-order valence-corrected chi connectivity index (χ3v) is 5.64. The Bertz CT molecular complexity index is 825. The Hall–Kier alpha value is -2.31. The summed E-state index contributed by atoms with van der Waals surface area (Å²) in [5.41, 5.74) is 2.24. The fourth-order valence-electron chi connectivity index (χ4n) is 3.33. The van der Waals surface area contributed by atoms with E-state index in [1.807, 2.05) is 30.6 Å². The third-order valence-electron chi connectivity index (χ3n) is 4.68. The Labute approximate surface area is 157 Å². The smallest absolute Gasteiger partial charge is 0.188 e. The first-order valence-corrected chi connectivity index (χ1v) is 9.98. The molecule has 3 heterocycles. The average molecular weight is 366 g/mol. The quantitative estimate of drug-likeness (QED) is 0.707. The van der Waals surface area contributed by atoms with Crippen LogP contribution in [0.5, 0.6) is 0 Å². The molecule has 0 saturated carbocycles. The van der Waals surface area contributed by atoms with Crippen molar-refractivity contribution in [2.45, 2.75) is 25.7 Å². The summed E-state index contributed by atoms with van der Waals surface area (Å²) in [7, 11) is 0. The molecule has 5 nitrogen and oxygen atoms in total. The van der Waals surface area contributed by atoms with E-state index in [0.29, 0.717) is 5.92 Å². The fourth-order valence-corrected chi connectivity index (χ4v) is 4.16. The first kappa shape index (κ1) is 17.1. The molecule has 2 N–H and O–H groups in total. The van der Waals surface area contributed by atoms with Crippen LogP contribution in [0, 0.1) is 5.92 Å². The monoisotopic (exact) mass is 365 g/mol. The maximum absolute atomic E-state index is 4.75. The first-order chi connectivity index (χ1) is 12.9. The minimum atomic E-state index is 0.694. The molecule has 1 aromatic carbocycles. The number of hydrogen-bond donors (Lipinski definition) is 2. The van der Waals surface area contributed by atoms with Crippen LogP contribution in [0.15, 0.2) is 48.9 Å². The molecule has 4 rings (SSSR count). The molecule has 1 unspecified atom stereocenters. The highest BCUT2D eigenvalue weighted by Crippen LogP contribution is 2.30. The van der Waals surface area contributed by atoms with E-state index in [2.05, 4.69) is 32.7 Å². The lowest BCUT2D eigenvalue weighted by Crippen LogP contribution is -2.14. The van der Waals surface area contributed by atoms with E-state index in [4.69, 9.17) is 4.98 Å². The van der Waals surface area contributed by atoms with Crippen molar-refractivity contribution in [1.82, 2.24) is 20.3 Å². The highest BCUT2D eigenvalue weighted by Gasteiger charge is 2.14. The molecule has 0 amide bonds. The van der Waals surface area contributed by atoms with Crippen LogP contribution in [0.4, 0.5) is 10.9 Å². The Kier molecular flexibility index (Phi) is 5.52. The number of rotatable bonds is 5. The summed E-state index contributed by atoms with van der Waals surface area (Å²) in [6, 6.07) is 10.3. The van der Waals surface area contributed by atoms with Gasteiger partial charge >= 0.3 is 0 Å². The van der Waals surface area contributed by atoms with Crippen LogP contribution < -0.4 is 10.6 Å². The standard InChI is InChI=1S/C20H23N5S/c1-2-6-16(7-3-1)18-13-23-20(26-18)25-19-14-22-12-17(24-19)11-15-5-4-9-21-10-8-15/h1-3,6-7,12-15,21H,4-5,8-11H2,(H,23,24,25). The molecule has 1 fully saturated rings. The van der Waals surface area contributed by atoms with Gasteiger partial charge in [0.15, 0.2) is 10.9 Å². The van der Waals surface area contributed by atoms with Crippen molar-refractivity contribution in [3.05, 3.63) is 54.6 Å². The Morgan fingerprint density at radius 2 is 2.00 bits per heavy atom. The van der Waals surface area contributed by atoms with Crippen molar-refractivity contribution in [3.8, 4) is 10.4 Å². The predicted molar refractivity (Wildman–Crippen MR) is 107 cm³/mol. The van der Waals surface area contributed by atoms with Gasteiger partial charge in [-0.1, -0.05) is 41.7 Å². The number of aromatic nitrogens is 3. The zero-order valence-electron chi connectivity index (χ0n) is 14.7. The van der Waals surface area contributed by atoms with Crippen molar-refractivity contribution in [2.75, 3.05) is 18.4 Å². The Balaban J connectivity index is 1.43. The number of nitrogens with one attached hydrogen (secondary N) is 2. The van der Waals surface area contributed by atoms with Gasteiger partial charge in [-0.3, -0.25) is 4.98 Å². The van der Waals surface area contributed by atoms with Crippen molar-refractivity contribution >= 4 is 22.3 Å². The molecule has 0 spiro atoms. The molecule has 1 saturated heterocycles. The van der Waals surface area contributed by atoms with Gasteiger partial charge in [0.1, 0.15) is 0 Å². The molecular weight excluding hydrogens is 342 g/mol. The zero-order valence-corrected chi connectivity index (χ0v) is 15.5. The fraction of sp³-hybridized carbons (Fsp3) is 0.350. The van der Waals surface area contributed by atoms with Gasteiger partial charge in [0.2, 0.25) is 0 Å². The SMILES string of the molecule is c1ccc(-c2cnc(Nc3cncc(CC4CCCNCC4)n3)s2)cc1. The van der Waals surface area contributed by atoms with Gasteiger partial charge in [-0.05, 0) is 50.3 Å². The van der Waals surface area contributed by atoms with E-state index in [9.17, 15) is 0 Å². The van der Waals surface area contributed by atoms with Gasteiger partial charge in [-0.15, -0.1) is 0 Å². The van der Waals surface area contributed by atoms with Crippen molar-refractivity contribution in [3.63, 3.8) is 0 Å². The van der Waals surface area contributed by atoms with E-state index < -0.39 is 0 Å². The number of hydrogen-bond acceptors (Lipinski definition) is 6. The molecule has 2 aromatic heterocycles. The molecule has 1 aliphatic rings. The van der Waals surface area contributed by atoms with Gasteiger partial charge in [0.05, 0.1) is 16.8 Å². The number of thiazole rings is 1. The lowest BCUT2D eigenvalue weighted by atomic mass is 9.95. The van der Waals surface area contributed by atoms with Gasteiger partial charge < -0.3 is 10.6 Å². The van der Waals surface area contributed by atoms with E-state index in [1.54, 1.807) is 17.5 Å². The summed E-state index contributed by atoms with van der Waals surface area (Å²) in [4.78, 5) is 14.7. The number of anilines is 2. The van der Waals surface area contributed by atoms with Crippen LogP contribution >= 0.6 is 11.3 Å². The van der Waals surface area contributed by atoms with E-state index in [0.717, 1.165) is 41.0 Å². The zero-order chi connectivity index (χ0) is 17.6. The average Bonchev–Trinajstić information content (AvgIpc) is 2.98. The molecule has 0 radical (unpaired) electrons.